The molecule has 0 atom stereocenters. The Morgan fingerprint density at radius 2 is 2.20 bits per heavy atom. The van der Waals surface area contributed by atoms with Crippen LogP contribution < -0.4 is 4.90 Å². The van der Waals surface area contributed by atoms with Crippen molar-refractivity contribution in [3.05, 3.63) is 23.9 Å². The number of pyridine rings is 1. The predicted molar refractivity (Wildman–Crippen MR) is 66.6 cm³/mol. The number of aromatic nitrogens is 1. The predicted octanol–water partition coefficient (Wildman–Crippen LogP) is 3.45. The van der Waals surface area contributed by atoms with E-state index in [2.05, 4.69) is 23.9 Å². The van der Waals surface area contributed by atoms with Gasteiger partial charge in [0.15, 0.2) is 0 Å². The number of anilines is 1. The highest BCUT2D eigenvalue weighted by atomic mass is 35.5. The minimum atomic E-state index is 0.529. The van der Waals surface area contributed by atoms with Crippen molar-refractivity contribution < 1.29 is 0 Å². The van der Waals surface area contributed by atoms with Gasteiger partial charge in [-0.3, -0.25) is 0 Å². The lowest BCUT2D eigenvalue weighted by atomic mass is 10.2. The lowest BCUT2D eigenvalue weighted by molar-refractivity contribution is 0.700. The molecule has 0 aliphatic heterocycles. The normalized spacial score (nSPS) is 10.3. The molecule has 15 heavy (non-hydrogen) atoms. The van der Waals surface area contributed by atoms with Gasteiger partial charge in [0.25, 0.3) is 0 Å². The van der Waals surface area contributed by atoms with Crippen molar-refractivity contribution in [2.75, 3.05) is 18.5 Å². The maximum Gasteiger partial charge on any atom is 0.132 e. The number of hydrogen-bond donors (Lipinski definition) is 0. The van der Waals surface area contributed by atoms with Crippen molar-refractivity contribution >= 4 is 17.4 Å². The lowest BCUT2D eigenvalue weighted by Gasteiger charge is -2.20. The van der Waals surface area contributed by atoms with Crippen LogP contribution in [0.1, 0.15) is 31.7 Å². The van der Waals surface area contributed by atoms with Gasteiger partial charge in [0.05, 0.1) is 5.88 Å². The standard InChI is InChI=1S/C12H19ClN2/c1-3-4-5-9-15(2)12-11(10-13)7-6-8-14-12/h6-8H,3-5,9-10H2,1-2H3. The largest absolute Gasteiger partial charge is 0.359 e. The van der Waals surface area contributed by atoms with Crippen LogP contribution in [-0.4, -0.2) is 18.6 Å². The second kappa shape index (κ2) is 6.67. The van der Waals surface area contributed by atoms with Gasteiger partial charge in [-0.2, -0.15) is 0 Å². The number of nitrogens with zero attached hydrogens (tertiary/aromatic N) is 2. The van der Waals surface area contributed by atoms with Crippen LogP contribution in [0.15, 0.2) is 18.3 Å². The molecular formula is C12H19ClN2. The van der Waals surface area contributed by atoms with Gasteiger partial charge in [-0.1, -0.05) is 25.8 Å². The van der Waals surface area contributed by atoms with Crippen molar-refractivity contribution in [2.45, 2.75) is 32.1 Å². The third kappa shape index (κ3) is 3.71. The number of rotatable bonds is 6. The molecule has 0 amide bonds. The molecule has 0 unspecified atom stereocenters. The van der Waals surface area contributed by atoms with Crippen molar-refractivity contribution in [1.82, 2.24) is 4.98 Å². The summed E-state index contributed by atoms with van der Waals surface area (Å²) in [4.78, 5) is 6.56. The highest BCUT2D eigenvalue weighted by Gasteiger charge is 2.06. The van der Waals surface area contributed by atoms with Crippen LogP contribution in [0.25, 0.3) is 0 Å². The monoisotopic (exact) mass is 226 g/mol. The molecule has 1 heterocycles. The van der Waals surface area contributed by atoms with E-state index in [4.69, 9.17) is 11.6 Å². The molecule has 1 rings (SSSR count). The molecule has 84 valence electrons. The number of unbranched alkanes of at least 4 members (excludes halogenated alkanes) is 2. The Hall–Kier alpha value is -0.760. The lowest BCUT2D eigenvalue weighted by Crippen LogP contribution is -2.20. The first kappa shape index (κ1) is 12.3. The second-order valence-electron chi connectivity index (χ2n) is 3.75. The molecule has 2 nitrogen and oxygen atoms in total. The summed E-state index contributed by atoms with van der Waals surface area (Å²) < 4.78 is 0. The Morgan fingerprint density at radius 1 is 1.40 bits per heavy atom. The third-order valence-electron chi connectivity index (χ3n) is 2.47. The molecule has 0 fully saturated rings. The minimum absolute atomic E-state index is 0.529. The van der Waals surface area contributed by atoms with Crippen LogP contribution in [0.4, 0.5) is 5.82 Å². The molecule has 0 aliphatic rings. The maximum absolute atomic E-state index is 5.87. The molecule has 0 bridgehead atoms. The second-order valence-corrected chi connectivity index (χ2v) is 4.02. The van der Waals surface area contributed by atoms with Gasteiger partial charge in [0.1, 0.15) is 5.82 Å². The fraction of sp³-hybridized carbons (Fsp3) is 0.583. The third-order valence-corrected chi connectivity index (χ3v) is 2.76. The molecular weight excluding hydrogens is 208 g/mol. The number of hydrogen-bond acceptors (Lipinski definition) is 2. The first-order valence-corrected chi connectivity index (χ1v) is 6.04. The molecule has 0 radical (unpaired) electrons. The summed E-state index contributed by atoms with van der Waals surface area (Å²) in [7, 11) is 2.08. The Morgan fingerprint density at radius 3 is 2.87 bits per heavy atom. The van der Waals surface area contributed by atoms with E-state index in [9.17, 15) is 0 Å². The average Bonchev–Trinajstić information content (AvgIpc) is 2.29. The Balaban J connectivity index is 2.59. The van der Waals surface area contributed by atoms with Gasteiger partial charge in [0.2, 0.25) is 0 Å². The molecule has 0 aliphatic carbocycles. The van der Waals surface area contributed by atoms with Crippen LogP contribution in [0.2, 0.25) is 0 Å². The summed E-state index contributed by atoms with van der Waals surface area (Å²) in [5, 5.41) is 0. The van der Waals surface area contributed by atoms with Gasteiger partial charge in [-0.05, 0) is 12.5 Å². The molecule has 1 aromatic heterocycles. The molecule has 1 aromatic rings. The van der Waals surface area contributed by atoms with Gasteiger partial charge in [-0.15, -0.1) is 11.6 Å². The molecule has 0 spiro atoms. The van der Waals surface area contributed by atoms with E-state index < -0.39 is 0 Å². The zero-order chi connectivity index (χ0) is 11.1. The van der Waals surface area contributed by atoms with Crippen LogP contribution in [-0.2, 0) is 5.88 Å². The highest BCUT2D eigenvalue weighted by Crippen LogP contribution is 2.18. The smallest absolute Gasteiger partial charge is 0.132 e. The first-order valence-electron chi connectivity index (χ1n) is 5.50. The van der Waals surface area contributed by atoms with Crippen molar-refractivity contribution in [3.63, 3.8) is 0 Å². The van der Waals surface area contributed by atoms with E-state index in [1.807, 2.05) is 18.3 Å². The van der Waals surface area contributed by atoms with Crippen molar-refractivity contribution in [3.8, 4) is 0 Å². The molecule has 0 aromatic carbocycles. The van der Waals surface area contributed by atoms with Gasteiger partial charge in [-0.25, -0.2) is 4.98 Å². The Kier molecular flexibility index (Phi) is 5.48. The molecule has 0 saturated heterocycles. The number of halogens is 1. The fourth-order valence-electron chi connectivity index (χ4n) is 1.58. The zero-order valence-electron chi connectivity index (χ0n) is 9.54. The van der Waals surface area contributed by atoms with E-state index in [-0.39, 0.29) is 0 Å². The van der Waals surface area contributed by atoms with Gasteiger partial charge < -0.3 is 4.90 Å². The van der Waals surface area contributed by atoms with Crippen molar-refractivity contribution in [2.24, 2.45) is 0 Å². The van der Waals surface area contributed by atoms with Crippen LogP contribution in [0.5, 0.6) is 0 Å². The van der Waals surface area contributed by atoms with E-state index in [1.165, 1.54) is 19.3 Å². The summed E-state index contributed by atoms with van der Waals surface area (Å²) in [6.45, 7) is 3.26. The Bertz CT molecular complexity index is 289. The van der Waals surface area contributed by atoms with E-state index in [0.29, 0.717) is 5.88 Å². The Labute approximate surface area is 97.3 Å². The number of alkyl halides is 1. The molecule has 0 N–H and O–H groups in total. The zero-order valence-corrected chi connectivity index (χ0v) is 10.3. The summed E-state index contributed by atoms with van der Waals surface area (Å²) in [5.41, 5.74) is 1.11. The summed E-state index contributed by atoms with van der Waals surface area (Å²) >= 11 is 5.87. The maximum atomic E-state index is 5.87. The summed E-state index contributed by atoms with van der Waals surface area (Å²) in [6.07, 6.45) is 5.55. The van der Waals surface area contributed by atoms with Crippen molar-refractivity contribution in [1.29, 1.82) is 0 Å². The van der Waals surface area contributed by atoms with E-state index >= 15 is 0 Å². The molecule has 3 heteroatoms. The van der Waals surface area contributed by atoms with Crippen LogP contribution >= 0.6 is 11.6 Å². The van der Waals surface area contributed by atoms with Crippen LogP contribution in [0.3, 0.4) is 0 Å². The topological polar surface area (TPSA) is 16.1 Å². The fourth-order valence-corrected chi connectivity index (χ4v) is 1.79. The van der Waals surface area contributed by atoms with Gasteiger partial charge in [0, 0.05) is 25.4 Å². The quantitative estimate of drug-likeness (QED) is 0.546. The first-order chi connectivity index (χ1) is 7.29. The van der Waals surface area contributed by atoms with Gasteiger partial charge >= 0.3 is 0 Å². The summed E-state index contributed by atoms with van der Waals surface area (Å²) in [5.74, 6) is 1.55. The van der Waals surface area contributed by atoms with E-state index in [1.54, 1.807) is 0 Å². The summed E-state index contributed by atoms with van der Waals surface area (Å²) in [6, 6.07) is 3.97. The minimum Gasteiger partial charge on any atom is -0.359 e. The van der Waals surface area contributed by atoms with E-state index in [0.717, 1.165) is 17.9 Å². The SMILES string of the molecule is CCCCCN(C)c1ncccc1CCl. The molecule has 0 saturated carbocycles. The van der Waals surface area contributed by atoms with Crippen LogP contribution in [0, 0.1) is 0 Å². The highest BCUT2D eigenvalue weighted by molar-refractivity contribution is 6.17. The average molecular weight is 227 g/mol.